The second-order valence-electron chi connectivity index (χ2n) is 18.7. The lowest BCUT2D eigenvalue weighted by atomic mass is 9.90. The Kier molecular flexibility index (Phi) is 10.9. The Hall–Kier alpha value is -9.06. The molecule has 0 atom stereocenters. The SMILES string of the molecule is c1ccc(-c2ccccc2N(c2cc3c(-c4ccccc4)c(N(c4ccccc4-c4ccccc4)c4cccc5c4sc4ccccc45)ccc3cc2-c2ccccc2)c2cccc3c2sc2ccccc23)cc1. The monoisotopic (exact) mass is 978 g/mol. The third-order valence-electron chi connectivity index (χ3n) is 14.5. The molecule has 0 aliphatic heterocycles. The van der Waals surface area contributed by atoms with Gasteiger partial charge in [-0.3, -0.25) is 0 Å². The van der Waals surface area contributed by atoms with Crippen LogP contribution in [-0.4, -0.2) is 0 Å². The maximum Gasteiger partial charge on any atom is 0.0640 e. The lowest BCUT2D eigenvalue weighted by Gasteiger charge is -2.33. The maximum absolute atomic E-state index is 2.56. The van der Waals surface area contributed by atoms with Crippen LogP contribution in [-0.2, 0) is 0 Å². The first-order valence-corrected chi connectivity index (χ1v) is 26.8. The summed E-state index contributed by atoms with van der Waals surface area (Å²) in [6, 6.07) is 103. The van der Waals surface area contributed by atoms with E-state index >= 15 is 0 Å². The van der Waals surface area contributed by atoms with Gasteiger partial charge in [-0.15, -0.1) is 22.7 Å². The fourth-order valence-corrected chi connectivity index (χ4v) is 13.5. The van der Waals surface area contributed by atoms with Crippen molar-refractivity contribution in [2.24, 2.45) is 0 Å². The van der Waals surface area contributed by atoms with Crippen LogP contribution >= 0.6 is 22.7 Å². The topological polar surface area (TPSA) is 6.48 Å². The van der Waals surface area contributed by atoms with Crippen molar-refractivity contribution in [1.82, 2.24) is 0 Å². The summed E-state index contributed by atoms with van der Waals surface area (Å²) in [5.74, 6) is 0. The molecule has 0 radical (unpaired) electrons. The summed E-state index contributed by atoms with van der Waals surface area (Å²) in [5.41, 5.74) is 15.9. The molecule has 2 aromatic heterocycles. The number of hydrogen-bond acceptors (Lipinski definition) is 4. The second kappa shape index (κ2) is 18.5. The van der Waals surface area contributed by atoms with Crippen LogP contribution < -0.4 is 9.80 Å². The molecule has 348 valence electrons. The van der Waals surface area contributed by atoms with Crippen molar-refractivity contribution < 1.29 is 0 Å². The number of rotatable bonds is 10. The van der Waals surface area contributed by atoms with E-state index in [1.807, 2.05) is 22.7 Å². The molecule has 0 spiro atoms. The van der Waals surface area contributed by atoms with Crippen molar-refractivity contribution >= 4 is 108 Å². The first-order valence-electron chi connectivity index (χ1n) is 25.2. The van der Waals surface area contributed by atoms with Crippen molar-refractivity contribution in [3.8, 4) is 44.5 Å². The van der Waals surface area contributed by atoms with Gasteiger partial charge in [-0.25, -0.2) is 0 Å². The lowest BCUT2D eigenvalue weighted by Crippen LogP contribution is -2.14. The Bertz CT molecular complexity index is 4370. The minimum atomic E-state index is 1.09. The summed E-state index contributed by atoms with van der Waals surface area (Å²) in [6.45, 7) is 0. The third kappa shape index (κ3) is 7.46. The van der Waals surface area contributed by atoms with Crippen molar-refractivity contribution in [2.75, 3.05) is 9.80 Å². The van der Waals surface area contributed by atoms with Gasteiger partial charge in [0.2, 0.25) is 0 Å². The predicted octanol–water partition coefficient (Wildman–Crippen LogP) is 21.2. The van der Waals surface area contributed by atoms with E-state index in [1.165, 1.54) is 40.3 Å². The van der Waals surface area contributed by atoms with Crippen molar-refractivity contribution in [3.05, 3.63) is 279 Å². The minimum Gasteiger partial charge on any atom is -0.308 e. The molecule has 0 aliphatic carbocycles. The number of benzene rings is 12. The molecule has 14 aromatic rings. The highest BCUT2D eigenvalue weighted by atomic mass is 32.1. The molecule has 2 nitrogen and oxygen atoms in total. The first kappa shape index (κ1) is 43.7. The molecular formula is C70H46N2S2. The molecule has 0 fully saturated rings. The zero-order valence-corrected chi connectivity index (χ0v) is 41.9. The number of thiophene rings is 2. The molecule has 0 saturated heterocycles. The molecule has 74 heavy (non-hydrogen) atoms. The Morgan fingerprint density at radius 1 is 0.230 bits per heavy atom. The normalized spacial score (nSPS) is 11.5. The minimum absolute atomic E-state index is 1.09. The van der Waals surface area contributed by atoms with Crippen LogP contribution in [0.5, 0.6) is 0 Å². The van der Waals surface area contributed by atoms with Gasteiger partial charge in [0, 0.05) is 53.2 Å². The van der Waals surface area contributed by atoms with Gasteiger partial charge in [0.1, 0.15) is 0 Å². The Balaban J connectivity index is 1.13. The van der Waals surface area contributed by atoms with E-state index < -0.39 is 0 Å². The zero-order valence-electron chi connectivity index (χ0n) is 40.3. The highest BCUT2D eigenvalue weighted by Gasteiger charge is 2.28. The van der Waals surface area contributed by atoms with Gasteiger partial charge in [0.05, 0.1) is 43.5 Å². The summed E-state index contributed by atoms with van der Waals surface area (Å²) in [5, 5.41) is 7.36. The van der Waals surface area contributed by atoms with Gasteiger partial charge in [0.15, 0.2) is 0 Å². The molecule has 12 aromatic carbocycles. The number of fused-ring (bicyclic) bond motifs is 7. The van der Waals surface area contributed by atoms with E-state index in [1.54, 1.807) is 0 Å². The van der Waals surface area contributed by atoms with E-state index in [2.05, 4.69) is 289 Å². The Labute approximate surface area is 438 Å². The Morgan fingerprint density at radius 2 is 0.622 bits per heavy atom. The molecule has 0 bridgehead atoms. The highest BCUT2D eigenvalue weighted by Crippen LogP contribution is 2.54. The van der Waals surface area contributed by atoms with Crippen LogP contribution in [0.25, 0.3) is 95.6 Å². The zero-order chi connectivity index (χ0) is 49.0. The third-order valence-corrected chi connectivity index (χ3v) is 16.9. The average Bonchev–Trinajstić information content (AvgIpc) is 4.06. The quantitative estimate of drug-likeness (QED) is 0.135. The van der Waals surface area contributed by atoms with Crippen LogP contribution in [0.4, 0.5) is 34.1 Å². The van der Waals surface area contributed by atoms with Crippen LogP contribution in [0.1, 0.15) is 0 Å². The smallest absolute Gasteiger partial charge is 0.0640 e. The molecule has 0 aliphatic rings. The molecular weight excluding hydrogens is 933 g/mol. The van der Waals surface area contributed by atoms with E-state index in [4.69, 9.17) is 0 Å². The average molecular weight is 979 g/mol. The molecule has 2 heterocycles. The standard InChI is InChI=1S/C70H46N2S2/c1-5-23-47(24-6-1)52-31-13-17-37-60(52)71(63-39-21-35-56-54-33-15-19-41-66(54)73-69(56)63)62-44-43-51-45-58(49-27-9-3-10-28-49)65(46-59(51)68(62)50-29-11-4-12-30-50)72(61-38-18-14-32-53(61)48-25-7-2-8-26-48)64-40-22-36-57-55-34-16-20-42-67(55)74-70(57)64/h1-46H. The van der Waals surface area contributed by atoms with Gasteiger partial charge in [-0.2, -0.15) is 0 Å². The second-order valence-corrected chi connectivity index (χ2v) is 20.8. The van der Waals surface area contributed by atoms with Gasteiger partial charge in [-0.1, -0.05) is 224 Å². The summed E-state index contributed by atoms with van der Waals surface area (Å²) in [6.07, 6.45) is 0. The van der Waals surface area contributed by atoms with E-state index in [-0.39, 0.29) is 0 Å². The van der Waals surface area contributed by atoms with Crippen molar-refractivity contribution in [2.45, 2.75) is 0 Å². The number of anilines is 6. The highest BCUT2D eigenvalue weighted by molar-refractivity contribution is 7.26. The van der Waals surface area contributed by atoms with Gasteiger partial charge in [0.25, 0.3) is 0 Å². The fraction of sp³-hybridized carbons (Fsp3) is 0. The molecule has 0 unspecified atom stereocenters. The number of para-hydroxylation sites is 2. The van der Waals surface area contributed by atoms with Gasteiger partial charge >= 0.3 is 0 Å². The number of nitrogens with zero attached hydrogens (tertiary/aromatic N) is 2. The van der Waals surface area contributed by atoms with Gasteiger partial charge in [-0.05, 0) is 87.6 Å². The van der Waals surface area contributed by atoms with E-state index in [0.717, 1.165) is 89.4 Å². The molecule has 0 N–H and O–H groups in total. The van der Waals surface area contributed by atoms with Crippen molar-refractivity contribution in [1.29, 1.82) is 0 Å². The van der Waals surface area contributed by atoms with Crippen LogP contribution in [0.3, 0.4) is 0 Å². The van der Waals surface area contributed by atoms with Crippen LogP contribution in [0.2, 0.25) is 0 Å². The van der Waals surface area contributed by atoms with Crippen LogP contribution in [0, 0.1) is 0 Å². The summed E-state index contributed by atoms with van der Waals surface area (Å²) in [4.78, 5) is 5.11. The van der Waals surface area contributed by atoms with E-state index in [0.29, 0.717) is 0 Å². The predicted molar refractivity (Wildman–Crippen MR) is 321 cm³/mol. The largest absolute Gasteiger partial charge is 0.308 e. The summed E-state index contributed by atoms with van der Waals surface area (Å²) >= 11 is 3.74. The Morgan fingerprint density at radius 3 is 1.14 bits per heavy atom. The maximum atomic E-state index is 2.56. The molecule has 14 rings (SSSR count). The molecule has 4 heteroatoms. The molecule has 0 saturated carbocycles. The summed E-state index contributed by atoms with van der Waals surface area (Å²) < 4.78 is 5.04. The van der Waals surface area contributed by atoms with E-state index in [9.17, 15) is 0 Å². The summed E-state index contributed by atoms with van der Waals surface area (Å²) in [7, 11) is 0. The molecule has 0 amide bonds. The lowest BCUT2D eigenvalue weighted by molar-refractivity contribution is 1.30. The first-order chi connectivity index (χ1) is 36.7. The van der Waals surface area contributed by atoms with Gasteiger partial charge < -0.3 is 9.80 Å². The number of hydrogen-bond donors (Lipinski definition) is 0. The van der Waals surface area contributed by atoms with Crippen molar-refractivity contribution in [3.63, 3.8) is 0 Å². The van der Waals surface area contributed by atoms with Crippen LogP contribution in [0.15, 0.2) is 279 Å². The fourth-order valence-electron chi connectivity index (χ4n) is 11.1.